The van der Waals surface area contributed by atoms with Gasteiger partial charge < -0.3 is 15.0 Å². The number of amides is 2. The zero-order chi connectivity index (χ0) is 16.5. The summed E-state index contributed by atoms with van der Waals surface area (Å²) in [5.74, 6) is 0.897. The van der Waals surface area contributed by atoms with Crippen molar-refractivity contribution in [2.45, 2.75) is 32.1 Å². The van der Waals surface area contributed by atoms with E-state index >= 15 is 0 Å². The van der Waals surface area contributed by atoms with E-state index in [-0.39, 0.29) is 11.8 Å². The number of carbonyl (C=O) groups is 2. The maximum atomic E-state index is 11.8. The highest BCUT2D eigenvalue weighted by atomic mass is 79.9. The average molecular weight is 383 g/mol. The number of hydrogen-bond acceptors (Lipinski definition) is 3. The summed E-state index contributed by atoms with van der Waals surface area (Å²) in [5, 5.41) is 2.80. The van der Waals surface area contributed by atoms with Crippen LogP contribution in [0.2, 0.25) is 0 Å². The summed E-state index contributed by atoms with van der Waals surface area (Å²) < 4.78 is 6.54. The Morgan fingerprint density at radius 1 is 1.22 bits per heavy atom. The second-order valence-corrected chi connectivity index (χ2v) is 6.51. The minimum Gasteiger partial charge on any atom is -0.494 e. The molecule has 1 aliphatic rings. The molecule has 1 N–H and O–H groups in total. The minimum absolute atomic E-state index is 0.0305. The summed E-state index contributed by atoms with van der Waals surface area (Å²) in [6.07, 6.45) is 3.64. The van der Waals surface area contributed by atoms with Crippen LogP contribution in [0.25, 0.3) is 0 Å². The zero-order valence-electron chi connectivity index (χ0n) is 13.2. The highest BCUT2D eigenvalue weighted by Gasteiger charge is 2.17. The molecule has 1 aliphatic heterocycles. The van der Waals surface area contributed by atoms with Crippen LogP contribution < -0.4 is 10.1 Å². The summed E-state index contributed by atoms with van der Waals surface area (Å²) in [6, 6.07) is 7.62. The second-order valence-electron chi connectivity index (χ2n) is 5.60. The molecule has 1 heterocycles. The first-order valence-corrected chi connectivity index (χ1v) is 8.87. The van der Waals surface area contributed by atoms with Gasteiger partial charge in [-0.2, -0.15) is 0 Å². The van der Waals surface area contributed by atoms with Crippen molar-refractivity contribution in [3.8, 4) is 5.75 Å². The molecule has 0 spiro atoms. The van der Waals surface area contributed by atoms with Crippen molar-refractivity contribution in [3.05, 3.63) is 28.7 Å². The molecule has 1 fully saturated rings. The molecule has 1 aromatic rings. The van der Waals surface area contributed by atoms with Crippen molar-refractivity contribution < 1.29 is 14.3 Å². The largest absolute Gasteiger partial charge is 0.494 e. The van der Waals surface area contributed by atoms with Gasteiger partial charge >= 0.3 is 0 Å². The monoisotopic (exact) mass is 382 g/mol. The molecule has 0 aromatic heterocycles. The normalized spacial score (nSPS) is 13.9. The molecule has 5 nitrogen and oxygen atoms in total. The van der Waals surface area contributed by atoms with Crippen LogP contribution in [-0.4, -0.2) is 43.0 Å². The Morgan fingerprint density at radius 3 is 2.74 bits per heavy atom. The van der Waals surface area contributed by atoms with Gasteiger partial charge in [0, 0.05) is 36.9 Å². The number of hydrogen-bond donors (Lipinski definition) is 1. The first-order chi connectivity index (χ1) is 11.1. The van der Waals surface area contributed by atoms with Gasteiger partial charge in [0.15, 0.2) is 0 Å². The second kappa shape index (κ2) is 9.55. The van der Waals surface area contributed by atoms with E-state index in [1.165, 1.54) is 0 Å². The zero-order valence-corrected chi connectivity index (χ0v) is 14.8. The van der Waals surface area contributed by atoms with Crippen molar-refractivity contribution in [2.75, 3.05) is 26.2 Å². The molecule has 1 saturated heterocycles. The fourth-order valence-corrected chi connectivity index (χ4v) is 2.88. The number of likely N-dealkylation sites (tertiary alicyclic amines) is 1. The van der Waals surface area contributed by atoms with E-state index < -0.39 is 0 Å². The van der Waals surface area contributed by atoms with E-state index in [1.807, 2.05) is 29.2 Å². The van der Waals surface area contributed by atoms with Gasteiger partial charge in [-0.3, -0.25) is 9.59 Å². The Morgan fingerprint density at radius 2 is 2.00 bits per heavy atom. The molecular formula is C17H23BrN2O3. The van der Waals surface area contributed by atoms with Crippen LogP contribution in [0.15, 0.2) is 28.7 Å². The van der Waals surface area contributed by atoms with E-state index in [0.717, 1.165) is 36.2 Å². The molecule has 0 atom stereocenters. The number of benzene rings is 1. The summed E-state index contributed by atoms with van der Waals surface area (Å²) in [4.78, 5) is 25.4. The highest BCUT2D eigenvalue weighted by molar-refractivity contribution is 9.10. The van der Waals surface area contributed by atoms with Crippen LogP contribution in [0.4, 0.5) is 0 Å². The maximum absolute atomic E-state index is 11.8. The molecule has 23 heavy (non-hydrogen) atoms. The Hall–Kier alpha value is -1.56. The number of halogens is 1. The Balaban J connectivity index is 1.52. The van der Waals surface area contributed by atoms with E-state index in [2.05, 4.69) is 21.2 Å². The lowest BCUT2D eigenvalue weighted by Gasteiger charge is -2.15. The van der Waals surface area contributed by atoms with Gasteiger partial charge in [-0.1, -0.05) is 22.0 Å². The molecule has 6 heteroatoms. The summed E-state index contributed by atoms with van der Waals surface area (Å²) in [5.41, 5.74) is 0. The van der Waals surface area contributed by atoms with Crippen LogP contribution in [0.3, 0.4) is 0 Å². The van der Waals surface area contributed by atoms with Crippen molar-refractivity contribution >= 4 is 27.7 Å². The lowest BCUT2D eigenvalue weighted by molar-refractivity contribution is -0.130. The molecule has 0 aliphatic carbocycles. The summed E-state index contributed by atoms with van der Waals surface area (Å²) >= 11 is 3.38. The lowest BCUT2D eigenvalue weighted by Crippen LogP contribution is -2.32. The van der Waals surface area contributed by atoms with E-state index in [0.29, 0.717) is 32.4 Å². The summed E-state index contributed by atoms with van der Waals surface area (Å²) in [6.45, 7) is 2.64. The van der Waals surface area contributed by atoms with Crippen molar-refractivity contribution in [1.29, 1.82) is 0 Å². The topological polar surface area (TPSA) is 58.6 Å². The van der Waals surface area contributed by atoms with Crippen LogP contribution in [0.1, 0.15) is 32.1 Å². The van der Waals surface area contributed by atoms with E-state index in [4.69, 9.17) is 4.74 Å². The van der Waals surface area contributed by atoms with Crippen LogP contribution in [0, 0.1) is 0 Å². The van der Waals surface area contributed by atoms with Crippen LogP contribution in [0.5, 0.6) is 5.75 Å². The standard InChI is InChI=1S/C17H23BrN2O3/c18-14-5-3-6-15(13-14)23-12-4-7-16(21)19-9-8-17(22)20-10-1-2-11-20/h3,5-6,13H,1-2,4,7-12H2,(H,19,21). The maximum Gasteiger partial charge on any atom is 0.224 e. The highest BCUT2D eigenvalue weighted by Crippen LogP contribution is 2.17. The SMILES string of the molecule is O=C(CCCOc1cccc(Br)c1)NCCC(=O)N1CCCC1. The van der Waals surface area contributed by atoms with Crippen LogP contribution >= 0.6 is 15.9 Å². The number of rotatable bonds is 8. The quantitative estimate of drug-likeness (QED) is 0.703. The van der Waals surface area contributed by atoms with Crippen molar-refractivity contribution in [3.63, 3.8) is 0 Å². The predicted molar refractivity (Wildman–Crippen MR) is 92.3 cm³/mol. The van der Waals surface area contributed by atoms with Gasteiger partial charge in [-0.15, -0.1) is 0 Å². The molecule has 2 rings (SSSR count). The minimum atomic E-state index is -0.0305. The Bertz CT molecular complexity index is 530. The van der Waals surface area contributed by atoms with Crippen LogP contribution in [-0.2, 0) is 9.59 Å². The average Bonchev–Trinajstić information content (AvgIpc) is 3.06. The first-order valence-electron chi connectivity index (χ1n) is 8.08. The molecule has 1 aromatic carbocycles. The third-order valence-corrected chi connectivity index (χ3v) is 4.23. The number of nitrogens with one attached hydrogen (secondary N) is 1. The van der Waals surface area contributed by atoms with Gasteiger partial charge in [0.1, 0.15) is 5.75 Å². The molecule has 0 radical (unpaired) electrons. The molecular weight excluding hydrogens is 360 g/mol. The van der Waals surface area contributed by atoms with E-state index in [9.17, 15) is 9.59 Å². The number of ether oxygens (including phenoxy) is 1. The first kappa shape index (κ1) is 17.8. The molecule has 0 unspecified atom stereocenters. The molecule has 2 amide bonds. The van der Waals surface area contributed by atoms with Gasteiger partial charge in [-0.25, -0.2) is 0 Å². The molecule has 0 saturated carbocycles. The van der Waals surface area contributed by atoms with Crippen molar-refractivity contribution in [1.82, 2.24) is 10.2 Å². The molecule has 0 bridgehead atoms. The fraction of sp³-hybridized carbons (Fsp3) is 0.529. The van der Waals surface area contributed by atoms with Gasteiger partial charge in [0.2, 0.25) is 11.8 Å². The third kappa shape index (κ3) is 6.60. The fourth-order valence-electron chi connectivity index (χ4n) is 2.50. The van der Waals surface area contributed by atoms with Gasteiger partial charge in [-0.05, 0) is 37.5 Å². The molecule has 126 valence electrons. The lowest BCUT2D eigenvalue weighted by atomic mass is 10.3. The number of carbonyl (C=O) groups excluding carboxylic acids is 2. The number of nitrogens with zero attached hydrogens (tertiary/aromatic N) is 1. The Kier molecular flexibility index (Phi) is 7.39. The third-order valence-electron chi connectivity index (χ3n) is 3.73. The van der Waals surface area contributed by atoms with Crippen molar-refractivity contribution in [2.24, 2.45) is 0 Å². The Labute approximate surface area is 145 Å². The van der Waals surface area contributed by atoms with E-state index in [1.54, 1.807) is 0 Å². The van der Waals surface area contributed by atoms with Gasteiger partial charge in [0.25, 0.3) is 0 Å². The predicted octanol–water partition coefficient (Wildman–Crippen LogP) is 2.74. The summed E-state index contributed by atoms with van der Waals surface area (Å²) in [7, 11) is 0. The van der Waals surface area contributed by atoms with Gasteiger partial charge in [0.05, 0.1) is 6.61 Å². The smallest absolute Gasteiger partial charge is 0.224 e.